The van der Waals surface area contributed by atoms with Crippen LogP contribution in [0.5, 0.6) is 0 Å². The molecule has 0 aromatic carbocycles. The number of pyridine rings is 1. The molecule has 0 radical (unpaired) electrons. The average molecular weight is 284 g/mol. The molecule has 0 saturated heterocycles. The molecule has 19 heavy (non-hydrogen) atoms. The van der Waals surface area contributed by atoms with E-state index in [0.717, 1.165) is 12.8 Å². The van der Waals surface area contributed by atoms with Crippen LogP contribution in [0.2, 0.25) is 0 Å². The third kappa shape index (κ3) is 3.02. The molecule has 1 aliphatic carbocycles. The fraction of sp³-hybridized carbons (Fsp3) is 0.455. The molecule has 1 aliphatic rings. The Morgan fingerprint density at radius 1 is 1.53 bits per heavy atom. The summed E-state index contributed by atoms with van der Waals surface area (Å²) >= 11 is 0. The van der Waals surface area contributed by atoms with Crippen LogP contribution in [0.3, 0.4) is 0 Å². The highest BCUT2D eigenvalue weighted by Crippen LogP contribution is 2.26. The van der Waals surface area contributed by atoms with E-state index < -0.39 is 15.7 Å². The Bertz CT molecular complexity index is 596. The topological polar surface area (TPSA) is 114 Å². The molecule has 1 heterocycles. The van der Waals surface area contributed by atoms with Gasteiger partial charge in [0.25, 0.3) is 5.91 Å². The highest BCUT2D eigenvalue weighted by Gasteiger charge is 2.25. The van der Waals surface area contributed by atoms with Gasteiger partial charge in [0.15, 0.2) is 9.84 Å². The lowest BCUT2D eigenvalue weighted by atomic mass is 10.3. The zero-order valence-corrected chi connectivity index (χ0v) is 11.3. The van der Waals surface area contributed by atoms with E-state index in [2.05, 4.69) is 10.3 Å². The quantitative estimate of drug-likeness (QED) is 0.400. The number of nitrogens with two attached hydrogens (primary N) is 1. The van der Waals surface area contributed by atoms with Crippen LogP contribution < -0.4 is 16.6 Å². The van der Waals surface area contributed by atoms with Crippen LogP contribution >= 0.6 is 0 Å². The predicted molar refractivity (Wildman–Crippen MR) is 70.3 cm³/mol. The Hall–Kier alpha value is -1.67. The summed E-state index contributed by atoms with van der Waals surface area (Å²) in [5.41, 5.74) is 2.33. The Kier molecular flexibility index (Phi) is 3.72. The van der Waals surface area contributed by atoms with E-state index >= 15 is 0 Å². The standard InChI is InChI=1S/C11H16N4O3S/c1-2-19(17,18)9-5-8(14-7-3-4-7)6-13-10(9)11(16)15-12/h5-7,14H,2-4,12H2,1H3,(H,15,16). The van der Waals surface area contributed by atoms with E-state index in [1.165, 1.54) is 19.2 Å². The molecule has 1 fully saturated rings. The van der Waals surface area contributed by atoms with Crippen LogP contribution in [-0.2, 0) is 9.84 Å². The van der Waals surface area contributed by atoms with Crippen molar-refractivity contribution >= 4 is 21.4 Å². The molecule has 104 valence electrons. The van der Waals surface area contributed by atoms with Gasteiger partial charge in [0.1, 0.15) is 10.6 Å². The van der Waals surface area contributed by atoms with Crippen LogP contribution in [0.1, 0.15) is 30.3 Å². The molecule has 2 rings (SSSR count). The fourth-order valence-electron chi connectivity index (χ4n) is 1.62. The summed E-state index contributed by atoms with van der Waals surface area (Å²) in [5.74, 6) is 4.21. The molecule has 1 saturated carbocycles. The normalized spacial score (nSPS) is 15.1. The van der Waals surface area contributed by atoms with Gasteiger partial charge >= 0.3 is 0 Å². The lowest BCUT2D eigenvalue weighted by Gasteiger charge is -2.10. The van der Waals surface area contributed by atoms with Gasteiger partial charge in [-0.3, -0.25) is 10.2 Å². The molecule has 1 aromatic rings. The Labute approximate surface area is 111 Å². The van der Waals surface area contributed by atoms with E-state index in [4.69, 9.17) is 5.84 Å². The van der Waals surface area contributed by atoms with E-state index in [9.17, 15) is 13.2 Å². The highest BCUT2D eigenvalue weighted by molar-refractivity contribution is 7.91. The number of carbonyl (C=O) groups is 1. The molecule has 0 spiro atoms. The molecule has 7 nitrogen and oxygen atoms in total. The van der Waals surface area contributed by atoms with Crippen molar-refractivity contribution in [3.05, 3.63) is 18.0 Å². The number of amides is 1. The van der Waals surface area contributed by atoms with Gasteiger partial charge in [-0.2, -0.15) is 0 Å². The maximum Gasteiger partial charge on any atom is 0.285 e. The van der Waals surface area contributed by atoms with Gasteiger partial charge in [0.2, 0.25) is 0 Å². The first-order valence-corrected chi connectivity index (χ1v) is 7.63. The van der Waals surface area contributed by atoms with Gasteiger partial charge in [0, 0.05) is 6.04 Å². The van der Waals surface area contributed by atoms with Gasteiger partial charge in [-0.1, -0.05) is 6.92 Å². The molecule has 0 unspecified atom stereocenters. The van der Waals surface area contributed by atoms with Crippen molar-refractivity contribution in [3.63, 3.8) is 0 Å². The summed E-state index contributed by atoms with van der Waals surface area (Å²) < 4.78 is 24.0. The van der Waals surface area contributed by atoms with Crippen LogP contribution in [0, 0.1) is 0 Å². The third-order valence-corrected chi connectivity index (χ3v) is 4.60. The number of carbonyl (C=O) groups excluding carboxylic acids is 1. The minimum absolute atomic E-state index is 0.0939. The first-order valence-electron chi connectivity index (χ1n) is 5.98. The van der Waals surface area contributed by atoms with Crippen molar-refractivity contribution in [2.24, 2.45) is 5.84 Å². The smallest absolute Gasteiger partial charge is 0.285 e. The second-order valence-corrected chi connectivity index (χ2v) is 6.61. The van der Waals surface area contributed by atoms with Gasteiger partial charge in [-0.05, 0) is 18.9 Å². The number of anilines is 1. The fourth-order valence-corrected chi connectivity index (χ4v) is 2.68. The molecule has 1 aromatic heterocycles. The predicted octanol–water partition coefficient (Wildman–Crippen LogP) is 0.0530. The van der Waals surface area contributed by atoms with Crippen LogP contribution in [0.4, 0.5) is 5.69 Å². The maximum atomic E-state index is 12.0. The lowest BCUT2D eigenvalue weighted by molar-refractivity contribution is 0.0945. The number of hydrogen-bond donors (Lipinski definition) is 3. The zero-order valence-electron chi connectivity index (χ0n) is 10.5. The Balaban J connectivity index is 2.46. The largest absolute Gasteiger partial charge is 0.381 e. The van der Waals surface area contributed by atoms with E-state index in [1.807, 2.05) is 5.43 Å². The Morgan fingerprint density at radius 2 is 2.21 bits per heavy atom. The van der Waals surface area contributed by atoms with E-state index in [0.29, 0.717) is 11.7 Å². The van der Waals surface area contributed by atoms with Crippen LogP contribution in [-0.4, -0.2) is 31.1 Å². The summed E-state index contributed by atoms with van der Waals surface area (Å²) in [6.45, 7) is 1.51. The van der Waals surface area contributed by atoms with Crippen LogP contribution in [0.15, 0.2) is 17.2 Å². The van der Waals surface area contributed by atoms with E-state index in [1.54, 1.807) is 0 Å². The average Bonchev–Trinajstić information content (AvgIpc) is 3.21. The Morgan fingerprint density at radius 3 is 2.74 bits per heavy atom. The number of rotatable bonds is 5. The summed E-state index contributed by atoms with van der Waals surface area (Å²) in [7, 11) is -3.54. The van der Waals surface area contributed by atoms with Gasteiger partial charge < -0.3 is 5.32 Å². The number of hydrogen-bond acceptors (Lipinski definition) is 6. The SMILES string of the molecule is CCS(=O)(=O)c1cc(NC2CC2)cnc1C(=O)NN. The second kappa shape index (κ2) is 5.14. The molecule has 4 N–H and O–H groups in total. The summed E-state index contributed by atoms with van der Waals surface area (Å²) in [4.78, 5) is 15.4. The van der Waals surface area contributed by atoms with Crippen molar-refractivity contribution < 1.29 is 13.2 Å². The zero-order chi connectivity index (χ0) is 14.0. The van der Waals surface area contributed by atoms with Crippen molar-refractivity contribution in [1.29, 1.82) is 0 Å². The number of hydrazine groups is 1. The molecule has 1 amide bonds. The summed E-state index contributed by atoms with van der Waals surface area (Å²) in [6, 6.07) is 1.81. The molecular formula is C11H16N4O3S. The number of nitrogens with one attached hydrogen (secondary N) is 2. The summed E-state index contributed by atoms with van der Waals surface area (Å²) in [6.07, 6.45) is 3.55. The minimum atomic E-state index is -3.54. The minimum Gasteiger partial charge on any atom is -0.381 e. The highest BCUT2D eigenvalue weighted by atomic mass is 32.2. The van der Waals surface area contributed by atoms with Crippen molar-refractivity contribution in [2.45, 2.75) is 30.7 Å². The third-order valence-electron chi connectivity index (χ3n) is 2.86. The summed E-state index contributed by atoms with van der Waals surface area (Å²) in [5, 5.41) is 3.15. The molecule has 0 bridgehead atoms. The monoisotopic (exact) mass is 284 g/mol. The molecular weight excluding hydrogens is 268 g/mol. The van der Waals surface area contributed by atoms with Gasteiger partial charge in [-0.25, -0.2) is 19.2 Å². The van der Waals surface area contributed by atoms with Crippen molar-refractivity contribution in [3.8, 4) is 0 Å². The van der Waals surface area contributed by atoms with Crippen molar-refractivity contribution in [1.82, 2.24) is 10.4 Å². The van der Waals surface area contributed by atoms with Gasteiger partial charge in [-0.15, -0.1) is 0 Å². The maximum absolute atomic E-state index is 12.0. The number of nitrogens with zero attached hydrogens (tertiary/aromatic N) is 1. The number of sulfone groups is 1. The molecule has 0 atom stereocenters. The first-order chi connectivity index (χ1) is 8.97. The van der Waals surface area contributed by atoms with E-state index in [-0.39, 0.29) is 16.3 Å². The second-order valence-electron chi connectivity index (χ2n) is 4.37. The van der Waals surface area contributed by atoms with Crippen molar-refractivity contribution in [2.75, 3.05) is 11.1 Å². The number of nitrogen functional groups attached to an aromatic ring is 1. The first kappa shape index (κ1) is 13.8. The molecule has 8 heteroatoms. The molecule has 0 aliphatic heterocycles. The number of aromatic nitrogens is 1. The van der Waals surface area contributed by atoms with Gasteiger partial charge in [0.05, 0.1) is 17.6 Å². The lowest BCUT2D eigenvalue weighted by Crippen LogP contribution is -2.32. The van der Waals surface area contributed by atoms with Crippen LogP contribution in [0.25, 0.3) is 0 Å².